The van der Waals surface area contributed by atoms with Crippen LogP contribution in [0.3, 0.4) is 0 Å². The maximum absolute atomic E-state index is 11.8. The second-order valence-electron chi connectivity index (χ2n) is 4.50. The molecule has 0 radical (unpaired) electrons. The van der Waals surface area contributed by atoms with Crippen LogP contribution in [-0.4, -0.2) is 31.2 Å². The molecule has 1 amide bonds. The van der Waals surface area contributed by atoms with Gasteiger partial charge in [0, 0.05) is 18.2 Å². The van der Waals surface area contributed by atoms with Gasteiger partial charge in [0.15, 0.2) is 11.5 Å². The summed E-state index contributed by atoms with van der Waals surface area (Å²) >= 11 is 0. The van der Waals surface area contributed by atoms with Crippen molar-refractivity contribution >= 4 is 11.6 Å². The van der Waals surface area contributed by atoms with Crippen LogP contribution in [0.15, 0.2) is 18.2 Å². The number of carbonyl (C=O) groups excluding carboxylic acids is 1. The number of aromatic hydroxyl groups is 1. The van der Waals surface area contributed by atoms with Gasteiger partial charge >= 0.3 is 0 Å². The Kier molecular flexibility index (Phi) is 4.04. The molecule has 1 atom stereocenters. The van der Waals surface area contributed by atoms with Crippen molar-refractivity contribution in [3.8, 4) is 11.5 Å². The zero-order valence-corrected chi connectivity index (χ0v) is 10.4. The SMILES string of the molecule is COc1ccc(NC(=O)CC2CCNC2)cc1O. The summed E-state index contributed by atoms with van der Waals surface area (Å²) in [5.74, 6) is 0.816. The van der Waals surface area contributed by atoms with Crippen molar-refractivity contribution in [3.05, 3.63) is 18.2 Å². The topological polar surface area (TPSA) is 70.6 Å². The van der Waals surface area contributed by atoms with E-state index in [1.807, 2.05) is 0 Å². The molecule has 5 heteroatoms. The number of hydrogen-bond acceptors (Lipinski definition) is 4. The molecular weight excluding hydrogens is 232 g/mol. The number of rotatable bonds is 4. The minimum absolute atomic E-state index is 0.0201. The van der Waals surface area contributed by atoms with E-state index < -0.39 is 0 Å². The maximum Gasteiger partial charge on any atom is 0.224 e. The molecule has 1 heterocycles. The zero-order chi connectivity index (χ0) is 13.0. The Hall–Kier alpha value is -1.75. The molecule has 1 aromatic rings. The number of anilines is 1. The van der Waals surface area contributed by atoms with Gasteiger partial charge in [0.25, 0.3) is 0 Å². The van der Waals surface area contributed by atoms with Crippen LogP contribution in [0.5, 0.6) is 11.5 Å². The lowest BCUT2D eigenvalue weighted by molar-refractivity contribution is -0.116. The summed E-state index contributed by atoms with van der Waals surface area (Å²) in [6.07, 6.45) is 1.56. The minimum Gasteiger partial charge on any atom is -0.504 e. The molecule has 1 aliphatic rings. The van der Waals surface area contributed by atoms with E-state index in [0.29, 0.717) is 23.8 Å². The highest BCUT2D eigenvalue weighted by atomic mass is 16.5. The van der Waals surface area contributed by atoms with Gasteiger partial charge in [0.2, 0.25) is 5.91 Å². The Bertz CT molecular complexity index is 428. The number of phenolic OH excluding ortho intramolecular Hbond substituents is 1. The third-order valence-corrected chi connectivity index (χ3v) is 3.10. The van der Waals surface area contributed by atoms with Crippen molar-refractivity contribution in [1.82, 2.24) is 5.32 Å². The standard InChI is InChI=1S/C13H18N2O3/c1-18-12-3-2-10(7-11(12)16)15-13(17)6-9-4-5-14-8-9/h2-3,7,9,14,16H,4-6,8H2,1H3,(H,15,17). The fraction of sp³-hybridized carbons (Fsp3) is 0.462. The maximum atomic E-state index is 11.8. The summed E-state index contributed by atoms with van der Waals surface area (Å²) < 4.78 is 4.94. The molecular formula is C13H18N2O3. The summed E-state index contributed by atoms with van der Waals surface area (Å²) in [6.45, 7) is 1.89. The van der Waals surface area contributed by atoms with Crippen LogP contribution >= 0.6 is 0 Å². The number of carbonyl (C=O) groups is 1. The summed E-state index contributed by atoms with van der Waals surface area (Å²) in [7, 11) is 1.49. The van der Waals surface area contributed by atoms with E-state index in [-0.39, 0.29) is 11.7 Å². The second kappa shape index (κ2) is 5.73. The monoisotopic (exact) mass is 250 g/mol. The molecule has 1 saturated heterocycles. The van der Waals surface area contributed by atoms with E-state index in [2.05, 4.69) is 10.6 Å². The lowest BCUT2D eigenvalue weighted by Crippen LogP contribution is -2.18. The first-order valence-corrected chi connectivity index (χ1v) is 6.06. The van der Waals surface area contributed by atoms with Crippen LogP contribution in [-0.2, 0) is 4.79 Å². The van der Waals surface area contributed by atoms with Gasteiger partial charge in [-0.2, -0.15) is 0 Å². The highest BCUT2D eigenvalue weighted by molar-refractivity contribution is 5.91. The van der Waals surface area contributed by atoms with Crippen LogP contribution in [0.4, 0.5) is 5.69 Å². The van der Waals surface area contributed by atoms with Gasteiger partial charge < -0.3 is 20.5 Å². The highest BCUT2D eigenvalue weighted by Gasteiger charge is 2.18. The van der Waals surface area contributed by atoms with E-state index in [4.69, 9.17) is 4.74 Å². The molecule has 0 spiro atoms. The van der Waals surface area contributed by atoms with Crippen molar-refractivity contribution in [2.75, 3.05) is 25.5 Å². The first-order chi connectivity index (χ1) is 8.69. The molecule has 1 aliphatic heterocycles. The van der Waals surface area contributed by atoms with Crippen molar-refractivity contribution in [2.45, 2.75) is 12.8 Å². The summed E-state index contributed by atoms with van der Waals surface area (Å²) in [6, 6.07) is 4.83. The van der Waals surface area contributed by atoms with Gasteiger partial charge in [0.1, 0.15) is 0 Å². The number of nitrogens with one attached hydrogen (secondary N) is 2. The number of benzene rings is 1. The number of amides is 1. The fourth-order valence-electron chi connectivity index (χ4n) is 2.13. The summed E-state index contributed by atoms with van der Waals surface area (Å²) in [5, 5.41) is 15.6. The lowest BCUT2D eigenvalue weighted by Gasteiger charge is -2.10. The van der Waals surface area contributed by atoms with Crippen molar-refractivity contribution in [3.63, 3.8) is 0 Å². The molecule has 2 rings (SSSR count). The largest absolute Gasteiger partial charge is 0.504 e. The third kappa shape index (κ3) is 3.13. The smallest absolute Gasteiger partial charge is 0.224 e. The van der Waals surface area contributed by atoms with Gasteiger partial charge in [-0.05, 0) is 37.6 Å². The minimum atomic E-state index is -0.0201. The molecule has 3 N–H and O–H groups in total. The molecule has 5 nitrogen and oxygen atoms in total. The molecule has 1 unspecified atom stereocenters. The van der Waals surface area contributed by atoms with Crippen molar-refractivity contribution in [2.24, 2.45) is 5.92 Å². The fourth-order valence-corrected chi connectivity index (χ4v) is 2.13. The van der Waals surface area contributed by atoms with Gasteiger partial charge in [0.05, 0.1) is 7.11 Å². The molecule has 1 aromatic carbocycles. The predicted molar refractivity (Wildman–Crippen MR) is 68.9 cm³/mol. The average molecular weight is 250 g/mol. The Balaban J connectivity index is 1.92. The molecule has 0 saturated carbocycles. The molecule has 98 valence electrons. The van der Waals surface area contributed by atoms with Crippen molar-refractivity contribution < 1.29 is 14.6 Å². The van der Waals surface area contributed by atoms with E-state index in [1.54, 1.807) is 12.1 Å². The van der Waals surface area contributed by atoms with E-state index in [0.717, 1.165) is 19.5 Å². The second-order valence-corrected chi connectivity index (χ2v) is 4.50. The van der Waals surface area contributed by atoms with E-state index in [9.17, 15) is 9.90 Å². The van der Waals surface area contributed by atoms with Gasteiger partial charge in [-0.15, -0.1) is 0 Å². The number of phenols is 1. The Morgan fingerprint density at radius 3 is 3.06 bits per heavy atom. The number of methoxy groups -OCH3 is 1. The van der Waals surface area contributed by atoms with Crippen LogP contribution in [0, 0.1) is 5.92 Å². The lowest BCUT2D eigenvalue weighted by atomic mass is 10.0. The normalized spacial score (nSPS) is 18.6. The average Bonchev–Trinajstić information content (AvgIpc) is 2.82. The van der Waals surface area contributed by atoms with Gasteiger partial charge in [-0.25, -0.2) is 0 Å². The number of ether oxygens (including phenoxy) is 1. The number of hydrogen-bond donors (Lipinski definition) is 3. The quantitative estimate of drug-likeness (QED) is 0.754. The van der Waals surface area contributed by atoms with Gasteiger partial charge in [-0.1, -0.05) is 0 Å². The molecule has 0 bridgehead atoms. The molecule has 0 aromatic heterocycles. The molecule has 0 aliphatic carbocycles. The van der Waals surface area contributed by atoms with Crippen molar-refractivity contribution in [1.29, 1.82) is 0 Å². The summed E-state index contributed by atoms with van der Waals surface area (Å²) in [4.78, 5) is 11.8. The summed E-state index contributed by atoms with van der Waals surface area (Å²) in [5.41, 5.74) is 0.587. The zero-order valence-electron chi connectivity index (χ0n) is 10.4. The Morgan fingerprint density at radius 2 is 2.44 bits per heavy atom. The van der Waals surface area contributed by atoms with E-state index >= 15 is 0 Å². The van der Waals surface area contributed by atoms with Crippen LogP contribution < -0.4 is 15.4 Å². The first kappa shape index (κ1) is 12.7. The van der Waals surface area contributed by atoms with E-state index in [1.165, 1.54) is 13.2 Å². The first-order valence-electron chi connectivity index (χ1n) is 6.06. The van der Waals surface area contributed by atoms with Crippen LogP contribution in [0.2, 0.25) is 0 Å². The molecule has 18 heavy (non-hydrogen) atoms. The third-order valence-electron chi connectivity index (χ3n) is 3.10. The molecule has 1 fully saturated rings. The Morgan fingerprint density at radius 1 is 1.61 bits per heavy atom. The van der Waals surface area contributed by atoms with Crippen LogP contribution in [0.1, 0.15) is 12.8 Å². The Labute approximate surface area is 106 Å². The predicted octanol–water partition coefficient (Wildman–Crippen LogP) is 1.34. The van der Waals surface area contributed by atoms with Gasteiger partial charge in [-0.3, -0.25) is 4.79 Å². The van der Waals surface area contributed by atoms with Crippen LogP contribution in [0.25, 0.3) is 0 Å². The highest BCUT2D eigenvalue weighted by Crippen LogP contribution is 2.28.